The van der Waals surface area contributed by atoms with Crippen molar-refractivity contribution in [3.05, 3.63) is 100.0 Å². The van der Waals surface area contributed by atoms with Crippen molar-refractivity contribution < 1.29 is 9.59 Å². The molecule has 5 nitrogen and oxygen atoms in total. The summed E-state index contributed by atoms with van der Waals surface area (Å²) in [5, 5.41) is 2.76. The summed E-state index contributed by atoms with van der Waals surface area (Å²) in [7, 11) is 0. The highest BCUT2D eigenvalue weighted by Crippen LogP contribution is 2.13. The number of Topliss-reactive ketones (excluding diaryl/α,β-unsaturated/α-hetero) is 1. The van der Waals surface area contributed by atoms with E-state index in [9.17, 15) is 14.4 Å². The second kappa shape index (κ2) is 7.61. The third kappa shape index (κ3) is 4.13. The summed E-state index contributed by atoms with van der Waals surface area (Å²) in [6.45, 7) is 1.86. The van der Waals surface area contributed by atoms with E-state index in [0.29, 0.717) is 23.4 Å². The lowest BCUT2D eigenvalue weighted by Crippen LogP contribution is -2.22. The molecule has 0 atom stereocenters. The molecule has 3 aromatic rings. The quantitative estimate of drug-likeness (QED) is 0.720. The molecule has 0 aliphatic carbocycles. The molecule has 5 heteroatoms. The summed E-state index contributed by atoms with van der Waals surface area (Å²) >= 11 is 0. The molecule has 0 aliphatic rings. The minimum atomic E-state index is -0.340. The van der Waals surface area contributed by atoms with Gasteiger partial charge in [0.15, 0.2) is 5.78 Å². The summed E-state index contributed by atoms with van der Waals surface area (Å²) in [5.41, 5.74) is 2.22. The molecule has 2 aromatic carbocycles. The summed E-state index contributed by atoms with van der Waals surface area (Å²) in [6.07, 6.45) is 1.54. The Morgan fingerprint density at radius 1 is 0.923 bits per heavy atom. The average molecular weight is 346 g/mol. The number of amides is 1. The van der Waals surface area contributed by atoms with Crippen molar-refractivity contribution in [2.45, 2.75) is 13.5 Å². The zero-order chi connectivity index (χ0) is 18.5. The fourth-order valence-electron chi connectivity index (χ4n) is 2.59. The number of ketones is 1. The maximum Gasteiger partial charge on any atom is 0.257 e. The molecule has 1 amide bonds. The van der Waals surface area contributed by atoms with E-state index in [1.165, 1.54) is 23.6 Å². The molecule has 0 saturated heterocycles. The number of hydrogen-bond donors (Lipinski definition) is 1. The van der Waals surface area contributed by atoms with E-state index in [1.54, 1.807) is 30.5 Å². The Balaban J connectivity index is 1.82. The van der Waals surface area contributed by atoms with Gasteiger partial charge in [-0.25, -0.2) is 0 Å². The number of hydrogen-bond acceptors (Lipinski definition) is 3. The third-order valence-electron chi connectivity index (χ3n) is 3.97. The van der Waals surface area contributed by atoms with Gasteiger partial charge in [-0.15, -0.1) is 0 Å². The van der Waals surface area contributed by atoms with Crippen LogP contribution in [0.5, 0.6) is 0 Å². The minimum Gasteiger partial charge on any atom is -0.322 e. The number of anilines is 1. The lowest BCUT2D eigenvalue weighted by atomic mass is 10.1. The minimum absolute atomic E-state index is 0.0718. The molecule has 0 unspecified atom stereocenters. The van der Waals surface area contributed by atoms with Gasteiger partial charge in [0.25, 0.3) is 11.5 Å². The van der Waals surface area contributed by atoms with Crippen LogP contribution in [0.3, 0.4) is 0 Å². The summed E-state index contributed by atoms with van der Waals surface area (Å²) in [5.74, 6) is -0.412. The number of aromatic nitrogens is 1. The van der Waals surface area contributed by atoms with Crippen LogP contribution in [0.15, 0.2) is 77.7 Å². The largest absolute Gasteiger partial charge is 0.322 e. The Kier molecular flexibility index (Phi) is 5.08. The Labute approximate surface area is 150 Å². The van der Waals surface area contributed by atoms with Gasteiger partial charge < -0.3 is 9.88 Å². The van der Waals surface area contributed by atoms with Gasteiger partial charge in [0.1, 0.15) is 0 Å². The number of rotatable bonds is 5. The molecule has 0 spiro atoms. The molecule has 0 aliphatic heterocycles. The van der Waals surface area contributed by atoms with E-state index < -0.39 is 0 Å². The number of benzene rings is 2. The molecular formula is C21H18N2O3. The molecule has 0 saturated carbocycles. The summed E-state index contributed by atoms with van der Waals surface area (Å²) in [4.78, 5) is 36.0. The molecule has 130 valence electrons. The Hall–Kier alpha value is -3.47. The van der Waals surface area contributed by atoms with Gasteiger partial charge in [-0.1, -0.05) is 42.5 Å². The molecule has 26 heavy (non-hydrogen) atoms. The normalized spacial score (nSPS) is 10.3. The lowest BCUT2D eigenvalue weighted by molar-refractivity contribution is 0.101. The Bertz CT molecular complexity index is 1010. The summed E-state index contributed by atoms with van der Waals surface area (Å²) in [6, 6.07) is 19.2. The Morgan fingerprint density at radius 3 is 2.42 bits per heavy atom. The first-order valence-electron chi connectivity index (χ1n) is 8.20. The van der Waals surface area contributed by atoms with Crippen LogP contribution in [0.1, 0.15) is 33.2 Å². The van der Waals surface area contributed by atoms with Crippen LogP contribution in [0.2, 0.25) is 0 Å². The van der Waals surface area contributed by atoms with Crippen molar-refractivity contribution in [3.8, 4) is 0 Å². The number of carbonyl (C=O) groups excluding carboxylic acids is 2. The predicted octanol–water partition coefficient (Wildman–Crippen LogP) is 3.35. The van der Waals surface area contributed by atoms with Crippen molar-refractivity contribution in [1.29, 1.82) is 0 Å². The fraction of sp³-hybridized carbons (Fsp3) is 0.0952. The second-order valence-corrected chi connectivity index (χ2v) is 5.96. The highest BCUT2D eigenvalue weighted by molar-refractivity contribution is 6.04. The molecule has 0 radical (unpaired) electrons. The zero-order valence-corrected chi connectivity index (χ0v) is 14.3. The van der Waals surface area contributed by atoms with Crippen LogP contribution in [0.4, 0.5) is 5.69 Å². The van der Waals surface area contributed by atoms with Crippen LogP contribution in [0.25, 0.3) is 0 Å². The van der Waals surface area contributed by atoms with Crippen LogP contribution < -0.4 is 10.9 Å². The SMILES string of the molecule is CC(=O)c1cccc(NC(=O)c2ccc(=O)n(Cc3ccccc3)c2)c1. The van der Waals surface area contributed by atoms with E-state index in [1.807, 2.05) is 30.3 Å². The molecule has 1 heterocycles. The number of pyridine rings is 1. The topological polar surface area (TPSA) is 68.2 Å². The lowest BCUT2D eigenvalue weighted by Gasteiger charge is -2.10. The Morgan fingerprint density at radius 2 is 1.69 bits per heavy atom. The van der Waals surface area contributed by atoms with Crippen LogP contribution >= 0.6 is 0 Å². The van der Waals surface area contributed by atoms with Crippen molar-refractivity contribution in [1.82, 2.24) is 4.57 Å². The van der Waals surface area contributed by atoms with E-state index in [0.717, 1.165) is 5.56 Å². The van der Waals surface area contributed by atoms with Gasteiger partial charge in [0.05, 0.1) is 12.1 Å². The highest BCUT2D eigenvalue weighted by Gasteiger charge is 2.09. The molecule has 1 aromatic heterocycles. The maximum absolute atomic E-state index is 12.5. The first-order valence-corrected chi connectivity index (χ1v) is 8.20. The van der Waals surface area contributed by atoms with E-state index in [-0.39, 0.29) is 17.2 Å². The molecule has 3 rings (SSSR count). The number of nitrogens with one attached hydrogen (secondary N) is 1. The van der Waals surface area contributed by atoms with E-state index >= 15 is 0 Å². The van der Waals surface area contributed by atoms with E-state index in [2.05, 4.69) is 5.32 Å². The second-order valence-electron chi connectivity index (χ2n) is 5.96. The van der Waals surface area contributed by atoms with Gasteiger partial charge in [0.2, 0.25) is 0 Å². The zero-order valence-electron chi connectivity index (χ0n) is 14.3. The van der Waals surface area contributed by atoms with Crippen molar-refractivity contribution >= 4 is 17.4 Å². The smallest absolute Gasteiger partial charge is 0.257 e. The van der Waals surface area contributed by atoms with Gasteiger partial charge in [-0.05, 0) is 30.7 Å². The monoisotopic (exact) mass is 346 g/mol. The standard InChI is InChI=1S/C21H18N2O3/c1-15(24)17-8-5-9-19(12-17)22-21(26)18-10-11-20(25)23(14-18)13-16-6-3-2-4-7-16/h2-12,14H,13H2,1H3,(H,22,26). The molecule has 0 bridgehead atoms. The van der Waals surface area contributed by atoms with Crippen LogP contribution in [-0.2, 0) is 6.54 Å². The van der Waals surface area contributed by atoms with Crippen molar-refractivity contribution in [2.75, 3.05) is 5.32 Å². The fourth-order valence-corrected chi connectivity index (χ4v) is 2.59. The maximum atomic E-state index is 12.5. The van der Waals surface area contributed by atoms with Crippen LogP contribution in [-0.4, -0.2) is 16.3 Å². The first kappa shape index (κ1) is 17.4. The highest BCUT2D eigenvalue weighted by atomic mass is 16.2. The average Bonchev–Trinajstić information content (AvgIpc) is 2.64. The third-order valence-corrected chi connectivity index (χ3v) is 3.97. The molecule has 1 N–H and O–H groups in total. The number of nitrogens with zero attached hydrogens (tertiary/aromatic N) is 1. The van der Waals surface area contributed by atoms with Gasteiger partial charge in [-0.3, -0.25) is 14.4 Å². The van der Waals surface area contributed by atoms with Crippen molar-refractivity contribution in [2.24, 2.45) is 0 Å². The van der Waals surface area contributed by atoms with Crippen LogP contribution in [0, 0.1) is 0 Å². The first-order chi connectivity index (χ1) is 12.5. The van der Waals surface area contributed by atoms with E-state index in [4.69, 9.17) is 0 Å². The molecule has 0 fully saturated rings. The van der Waals surface area contributed by atoms with Crippen molar-refractivity contribution in [3.63, 3.8) is 0 Å². The van der Waals surface area contributed by atoms with Gasteiger partial charge >= 0.3 is 0 Å². The van der Waals surface area contributed by atoms with Gasteiger partial charge in [0, 0.05) is 23.5 Å². The predicted molar refractivity (Wildman–Crippen MR) is 101 cm³/mol. The summed E-state index contributed by atoms with van der Waals surface area (Å²) < 4.78 is 1.50. The molecular weight excluding hydrogens is 328 g/mol. The van der Waals surface area contributed by atoms with Gasteiger partial charge in [-0.2, -0.15) is 0 Å². The number of carbonyl (C=O) groups is 2.